The van der Waals surface area contributed by atoms with Gasteiger partial charge in [0.15, 0.2) is 0 Å². The van der Waals surface area contributed by atoms with Gasteiger partial charge in [-0.05, 0) is 55.0 Å². The molecule has 1 N–H and O–H groups in total. The van der Waals surface area contributed by atoms with Crippen LogP contribution in [0.25, 0.3) is 23.1 Å². The molecule has 0 atom stereocenters. The van der Waals surface area contributed by atoms with Gasteiger partial charge in [0, 0.05) is 9.86 Å². The predicted octanol–water partition coefficient (Wildman–Crippen LogP) is 5.26. The second-order valence-electron chi connectivity index (χ2n) is 5.40. The second kappa shape index (κ2) is 7.49. The van der Waals surface area contributed by atoms with Crippen molar-refractivity contribution in [1.82, 2.24) is 4.98 Å². The molecule has 1 aromatic heterocycles. The predicted molar refractivity (Wildman–Crippen MR) is 103 cm³/mol. The first-order chi connectivity index (χ1) is 12.1. The Morgan fingerprint density at radius 2 is 1.92 bits per heavy atom. The zero-order chi connectivity index (χ0) is 17.8. The minimum Gasteiger partial charge on any atom is -0.494 e. The number of fused-ring (bicyclic) bond motifs is 1. The lowest BCUT2D eigenvalue weighted by atomic mass is 10.1. The number of pyridine rings is 1. The van der Waals surface area contributed by atoms with E-state index in [9.17, 15) is 9.90 Å². The number of aromatic nitrogens is 1. The van der Waals surface area contributed by atoms with E-state index >= 15 is 0 Å². The van der Waals surface area contributed by atoms with Gasteiger partial charge >= 0.3 is 5.97 Å². The van der Waals surface area contributed by atoms with Gasteiger partial charge in [0.1, 0.15) is 5.75 Å². The van der Waals surface area contributed by atoms with Crippen LogP contribution >= 0.6 is 15.9 Å². The van der Waals surface area contributed by atoms with Gasteiger partial charge in [0.2, 0.25) is 0 Å². The number of nitrogens with zero attached hydrogens (tertiary/aromatic N) is 1. The molecule has 5 heteroatoms. The Bertz CT molecular complexity index is 949. The normalized spacial score (nSPS) is 11.1. The number of carboxylic acids is 1. The third kappa shape index (κ3) is 4.06. The van der Waals surface area contributed by atoms with Gasteiger partial charge < -0.3 is 9.84 Å². The van der Waals surface area contributed by atoms with Crippen molar-refractivity contribution in [2.75, 3.05) is 6.61 Å². The van der Waals surface area contributed by atoms with Crippen LogP contribution in [-0.2, 0) is 0 Å². The van der Waals surface area contributed by atoms with E-state index in [1.807, 2.05) is 49.4 Å². The monoisotopic (exact) mass is 397 g/mol. The number of rotatable bonds is 5. The van der Waals surface area contributed by atoms with Crippen molar-refractivity contribution in [3.63, 3.8) is 0 Å². The molecule has 3 aromatic rings. The van der Waals surface area contributed by atoms with Crippen LogP contribution in [0.1, 0.15) is 28.5 Å². The zero-order valence-corrected chi connectivity index (χ0v) is 15.2. The number of ether oxygens (including phenoxy) is 1. The first-order valence-corrected chi connectivity index (χ1v) is 8.60. The molecule has 0 bridgehead atoms. The highest BCUT2D eigenvalue weighted by molar-refractivity contribution is 9.10. The summed E-state index contributed by atoms with van der Waals surface area (Å²) in [7, 11) is 0. The lowest BCUT2D eigenvalue weighted by molar-refractivity contribution is 0.0699. The molecule has 1 heterocycles. The largest absolute Gasteiger partial charge is 0.494 e. The molecule has 0 spiro atoms. The number of benzene rings is 2. The molecular formula is C20H16BrNO3. The van der Waals surface area contributed by atoms with Crippen molar-refractivity contribution < 1.29 is 14.6 Å². The molecule has 0 fully saturated rings. The molecule has 0 aliphatic rings. The molecule has 2 aromatic carbocycles. The quantitative estimate of drug-likeness (QED) is 0.637. The molecule has 126 valence electrons. The number of carbonyl (C=O) groups is 1. The fourth-order valence-corrected chi connectivity index (χ4v) is 2.87. The molecule has 0 unspecified atom stereocenters. The number of aromatic carboxylic acids is 1. The summed E-state index contributed by atoms with van der Waals surface area (Å²) in [5.41, 5.74) is 2.46. The van der Waals surface area contributed by atoms with Gasteiger partial charge in [-0.25, -0.2) is 9.78 Å². The first kappa shape index (κ1) is 17.2. The van der Waals surface area contributed by atoms with E-state index in [-0.39, 0.29) is 5.56 Å². The Labute approximate surface area is 153 Å². The van der Waals surface area contributed by atoms with Crippen LogP contribution in [0.4, 0.5) is 0 Å². The van der Waals surface area contributed by atoms with Crippen molar-refractivity contribution in [3.05, 3.63) is 69.8 Å². The van der Waals surface area contributed by atoms with Gasteiger partial charge in [-0.3, -0.25) is 0 Å². The number of hydrogen-bond acceptors (Lipinski definition) is 3. The third-order valence-electron chi connectivity index (χ3n) is 3.66. The van der Waals surface area contributed by atoms with Crippen molar-refractivity contribution in [2.24, 2.45) is 0 Å². The smallest absolute Gasteiger partial charge is 0.336 e. The maximum absolute atomic E-state index is 11.6. The first-order valence-electron chi connectivity index (χ1n) is 7.81. The van der Waals surface area contributed by atoms with Crippen molar-refractivity contribution in [3.8, 4) is 5.75 Å². The summed E-state index contributed by atoms with van der Waals surface area (Å²) in [4.78, 5) is 16.1. The molecule has 0 saturated carbocycles. The minimum atomic E-state index is -0.971. The second-order valence-corrected chi connectivity index (χ2v) is 6.31. The summed E-state index contributed by atoms with van der Waals surface area (Å²) in [6, 6.07) is 14.7. The highest BCUT2D eigenvalue weighted by Crippen LogP contribution is 2.24. The van der Waals surface area contributed by atoms with E-state index in [0.29, 0.717) is 23.2 Å². The molecule has 3 rings (SSSR count). The van der Waals surface area contributed by atoms with Crippen LogP contribution in [0.3, 0.4) is 0 Å². The molecule has 0 aliphatic heterocycles. The Kier molecular flexibility index (Phi) is 5.14. The third-order valence-corrected chi connectivity index (χ3v) is 4.15. The van der Waals surface area contributed by atoms with E-state index in [1.54, 1.807) is 18.2 Å². The van der Waals surface area contributed by atoms with E-state index in [0.717, 1.165) is 15.8 Å². The van der Waals surface area contributed by atoms with Crippen molar-refractivity contribution in [2.45, 2.75) is 6.92 Å². The van der Waals surface area contributed by atoms with Crippen LogP contribution in [0.5, 0.6) is 5.75 Å². The Morgan fingerprint density at radius 3 is 2.60 bits per heavy atom. The number of halogens is 1. The average molecular weight is 398 g/mol. The molecule has 4 nitrogen and oxygen atoms in total. The summed E-state index contributed by atoms with van der Waals surface area (Å²) in [6.45, 7) is 2.57. The lowest BCUT2D eigenvalue weighted by Gasteiger charge is -2.05. The SMILES string of the molecule is CCOc1ccc(/C=C\c2cc(C(=O)O)c3cc(Br)ccc3n2)cc1. The molecule has 0 aliphatic carbocycles. The van der Waals surface area contributed by atoms with Crippen LogP contribution in [0, 0.1) is 0 Å². The highest BCUT2D eigenvalue weighted by Gasteiger charge is 2.11. The summed E-state index contributed by atoms with van der Waals surface area (Å²) < 4.78 is 6.24. The van der Waals surface area contributed by atoms with Crippen LogP contribution < -0.4 is 4.74 Å². The lowest BCUT2D eigenvalue weighted by Crippen LogP contribution is -2.00. The average Bonchev–Trinajstić information content (AvgIpc) is 2.60. The summed E-state index contributed by atoms with van der Waals surface area (Å²) in [6.07, 6.45) is 3.71. The van der Waals surface area contributed by atoms with Gasteiger partial charge in [-0.1, -0.05) is 34.1 Å². The topological polar surface area (TPSA) is 59.4 Å². The highest BCUT2D eigenvalue weighted by atomic mass is 79.9. The minimum absolute atomic E-state index is 0.234. The maximum atomic E-state index is 11.6. The zero-order valence-electron chi connectivity index (χ0n) is 13.6. The molecule has 0 radical (unpaired) electrons. The fraction of sp³-hybridized carbons (Fsp3) is 0.100. The summed E-state index contributed by atoms with van der Waals surface area (Å²) in [5.74, 6) is -0.150. The van der Waals surface area contributed by atoms with Gasteiger partial charge in [-0.15, -0.1) is 0 Å². The fourth-order valence-electron chi connectivity index (χ4n) is 2.50. The Balaban J connectivity index is 1.95. The van der Waals surface area contributed by atoms with E-state index in [4.69, 9.17) is 4.74 Å². The van der Waals surface area contributed by atoms with Gasteiger partial charge in [0.05, 0.1) is 23.4 Å². The summed E-state index contributed by atoms with van der Waals surface area (Å²) in [5, 5.41) is 10.1. The Hall–Kier alpha value is -2.66. The van der Waals surface area contributed by atoms with Crippen LogP contribution in [0.2, 0.25) is 0 Å². The number of hydrogen-bond donors (Lipinski definition) is 1. The Morgan fingerprint density at radius 1 is 1.16 bits per heavy atom. The maximum Gasteiger partial charge on any atom is 0.336 e. The van der Waals surface area contributed by atoms with Gasteiger partial charge in [-0.2, -0.15) is 0 Å². The van der Waals surface area contributed by atoms with Gasteiger partial charge in [0.25, 0.3) is 0 Å². The van der Waals surface area contributed by atoms with Crippen molar-refractivity contribution in [1.29, 1.82) is 0 Å². The van der Waals surface area contributed by atoms with E-state index in [1.165, 1.54) is 0 Å². The standard InChI is InChI=1S/C20H16BrNO3/c1-2-25-16-8-4-13(5-9-16)3-7-15-12-18(20(23)24)17-11-14(21)6-10-19(17)22-15/h3-12H,2H2,1H3,(H,23,24)/b7-3-. The van der Waals surface area contributed by atoms with Crippen LogP contribution in [-0.4, -0.2) is 22.7 Å². The van der Waals surface area contributed by atoms with Crippen LogP contribution in [0.15, 0.2) is 53.0 Å². The van der Waals surface area contributed by atoms with E-state index < -0.39 is 5.97 Å². The number of carboxylic acid groups (broad SMARTS) is 1. The van der Waals surface area contributed by atoms with E-state index in [2.05, 4.69) is 20.9 Å². The molecule has 0 saturated heterocycles. The molecule has 0 amide bonds. The molecule has 25 heavy (non-hydrogen) atoms. The molecular weight excluding hydrogens is 382 g/mol. The summed E-state index contributed by atoms with van der Waals surface area (Å²) >= 11 is 3.37. The van der Waals surface area contributed by atoms with Crippen molar-refractivity contribution >= 4 is 45.0 Å².